The Morgan fingerprint density at radius 2 is 1.73 bits per heavy atom. The average Bonchev–Trinajstić information content (AvgIpc) is 3.72. The number of unbranched alkanes of at least 4 members (excludes halogenated alkanes) is 1. The van der Waals surface area contributed by atoms with Gasteiger partial charge in [-0.3, -0.25) is 4.79 Å². The van der Waals surface area contributed by atoms with E-state index >= 15 is 0 Å². The first-order valence-electron chi connectivity index (χ1n) is 14.7. The number of methoxy groups -OCH3 is 1. The van der Waals surface area contributed by atoms with E-state index in [4.69, 9.17) is 14.2 Å². The Morgan fingerprint density at radius 1 is 1.00 bits per heavy atom. The van der Waals surface area contributed by atoms with Gasteiger partial charge in [-0.1, -0.05) is 43.7 Å². The third kappa shape index (κ3) is 7.90. The van der Waals surface area contributed by atoms with Gasteiger partial charge in [0.05, 0.1) is 13.7 Å². The highest BCUT2D eigenvalue weighted by molar-refractivity contribution is 5.95. The molecule has 2 atom stereocenters. The van der Waals surface area contributed by atoms with Gasteiger partial charge in [0.1, 0.15) is 6.61 Å². The zero-order chi connectivity index (χ0) is 28.5. The monoisotopic (exact) mass is 551 g/mol. The Kier molecular flexibility index (Phi) is 10.7. The molecule has 8 nitrogen and oxygen atoms in total. The molecule has 1 heterocycles. The van der Waals surface area contributed by atoms with Gasteiger partial charge < -0.3 is 29.3 Å². The van der Waals surface area contributed by atoms with Crippen LogP contribution in [0.4, 0.5) is 4.79 Å². The Hall–Kier alpha value is -3.26. The van der Waals surface area contributed by atoms with Crippen molar-refractivity contribution in [2.24, 2.45) is 11.8 Å². The maximum absolute atomic E-state index is 13.8. The molecule has 2 fully saturated rings. The summed E-state index contributed by atoms with van der Waals surface area (Å²) in [4.78, 5) is 30.7. The van der Waals surface area contributed by atoms with Crippen LogP contribution in [0.5, 0.6) is 11.5 Å². The smallest absolute Gasteiger partial charge is 0.410 e. The van der Waals surface area contributed by atoms with Crippen LogP contribution in [0.3, 0.4) is 0 Å². The van der Waals surface area contributed by atoms with Crippen LogP contribution in [-0.4, -0.2) is 73.8 Å². The summed E-state index contributed by atoms with van der Waals surface area (Å²) in [5.41, 5.74) is 1.57. The van der Waals surface area contributed by atoms with Gasteiger partial charge >= 0.3 is 6.09 Å². The molecule has 0 bridgehead atoms. The summed E-state index contributed by atoms with van der Waals surface area (Å²) in [6.07, 6.45) is 3.75. The maximum atomic E-state index is 13.8. The van der Waals surface area contributed by atoms with Crippen molar-refractivity contribution in [1.29, 1.82) is 0 Å². The fourth-order valence-electron chi connectivity index (χ4n) is 5.22. The van der Waals surface area contributed by atoms with E-state index < -0.39 is 0 Å². The fraction of sp³-hybridized carbons (Fsp3) is 0.562. The molecule has 0 unspecified atom stereocenters. The topological polar surface area (TPSA) is 80.3 Å². The molecule has 0 radical (unpaired) electrons. The van der Waals surface area contributed by atoms with Gasteiger partial charge in [-0.2, -0.15) is 0 Å². The van der Waals surface area contributed by atoms with Crippen LogP contribution in [0.25, 0.3) is 0 Å². The molecule has 1 saturated carbocycles. The van der Waals surface area contributed by atoms with Gasteiger partial charge in [0.25, 0.3) is 5.91 Å². The first-order chi connectivity index (χ1) is 19.4. The average molecular weight is 552 g/mol. The lowest BCUT2D eigenvalue weighted by atomic mass is 9.94. The van der Waals surface area contributed by atoms with Crippen LogP contribution in [0.1, 0.15) is 62.4 Å². The number of benzene rings is 2. The highest BCUT2D eigenvalue weighted by Gasteiger charge is 2.39. The Morgan fingerprint density at radius 3 is 2.38 bits per heavy atom. The van der Waals surface area contributed by atoms with E-state index in [0.717, 1.165) is 44.3 Å². The van der Waals surface area contributed by atoms with Gasteiger partial charge in [-0.25, -0.2) is 4.79 Å². The second kappa shape index (κ2) is 14.4. The minimum Gasteiger partial charge on any atom is -0.493 e. The molecule has 0 aromatic heterocycles. The standard InChI is InChI=1S/C32H45N3O5/c1-5-6-16-39-30-17-25(12-15-29(30)38-4)31(36)34(23(2)3)20-26-18-33-19-27(26)21-35(28-13-14-28)32(37)40-22-24-10-8-7-9-11-24/h7-12,15,17,23,26-28,33H,5-6,13-14,16,18-22H2,1-4H3/t26-,27-/m0/s1. The normalized spacial score (nSPS) is 18.4. The fourth-order valence-corrected chi connectivity index (χ4v) is 5.22. The number of carbonyl (C=O) groups excluding carboxylic acids is 2. The van der Waals surface area contributed by atoms with Gasteiger partial charge in [0, 0.05) is 43.8 Å². The predicted molar refractivity (Wildman–Crippen MR) is 156 cm³/mol. The van der Waals surface area contributed by atoms with Crippen LogP contribution in [0.2, 0.25) is 0 Å². The molecule has 2 aromatic rings. The van der Waals surface area contributed by atoms with Gasteiger partial charge in [0.2, 0.25) is 0 Å². The number of hydrogen-bond acceptors (Lipinski definition) is 6. The minimum atomic E-state index is -0.248. The Bertz CT molecular complexity index is 1100. The third-order valence-electron chi connectivity index (χ3n) is 7.82. The first-order valence-corrected chi connectivity index (χ1v) is 14.7. The van der Waals surface area contributed by atoms with Crippen LogP contribution >= 0.6 is 0 Å². The molecule has 1 N–H and O–H groups in total. The van der Waals surface area contributed by atoms with Crippen molar-refractivity contribution in [3.8, 4) is 11.5 Å². The van der Waals surface area contributed by atoms with E-state index in [9.17, 15) is 9.59 Å². The molecule has 1 aliphatic heterocycles. The summed E-state index contributed by atoms with van der Waals surface area (Å²) < 4.78 is 17.1. The van der Waals surface area contributed by atoms with E-state index in [0.29, 0.717) is 36.8 Å². The minimum absolute atomic E-state index is 0.0232. The largest absolute Gasteiger partial charge is 0.493 e. The molecule has 4 rings (SSSR count). The summed E-state index contributed by atoms with van der Waals surface area (Å²) in [5, 5.41) is 3.51. The van der Waals surface area contributed by atoms with Crippen molar-refractivity contribution < 1.29 is 23.8 Å². The van der Waals surface area contributed by atoms with Crippen LogP contribution in [0.15, 0.2) is 48.5 Å². The van der Waals surface area contributed by atoms with Gasteiger partial charge in [-0.05, 0) is 68.7 Å². The van der Waals surface area contributed by atoms with E-state index in [1.54, 1.807) is 13.2 Å². The molecule has 40 heavy (non-hydrogen) atoms. The molecule has 218 valence electrons. The summed E-state index contributed by atoms with van der Waals surface area (Å²) in [7, 11) is 1.61. The number of ether oxygens (including phenoxy) is 3. The van der Waals surface area contributed by atoms with Crippen molar-refractivity contribution >= 4 is 12.0 Å². The summed E-state index contributed by atoms with van der Waals surface area (Å²) in [6, 6.07) is 15.5. The number of nitrogens with zero attached hydrogens (tertiary/aromatic N) is 2. The van der Waals surface area contributed by atoms with E-state index in [1.807, 2.05) is 52.3 Å². The molecule has 1 saturated heterocycles. The van der Waals surface area contributed by atoms with Crippen molar-refractivity contribution in [1.82, 2.24) is 15.1 Å². The number of carbonyl (C=O) groups is 2. The van der Waals surface area contributed by atoms with Crippen LogP contribution < -0.4 is 14.8 Å². The second-order valence-electron chi connectivity index (χ2n) is 11.2. The van der Waals surface area contributed by atoms with E-state index in [2.05, 4.69) is 26.1 Å². The zero-order valence-corrected chi connectivity index (χ0v) is 24.4. The van der Waals surface area contributed by atoms with Crippen molar-refractivity contribution in [2.75, 3.05) is 39.9 Å². The third-order valence-corrected chi connectivity index (χ3v) is 7.82. The predicted octanol–water partition coefficient (Wildman–Crippen LogP) is 5.36. The molecule has 1 aliphatic carbocycles. The molecule has 0 spiro atoms. The molecule has 2 amide bonds. The number of amides is 2. The number of rotatable bonds is 14. The van der Waals surface area contributed by atoms with E-state index in [-0.39, 0.29) is 42.5 Å². The lowest BCUT2D eigenvalue weighted by Gasteiger charge is -2.33. The van der Waals surface area contributed by atoms with Crippen molar-refractivity contribution in [3.63, 3.8) is 0 Å². The quantitative estimate of drug-likeness (QED) is 0.319. The maximum Gasteiger partial charge on any atom is 0.410 e. The molecule has 2 aromatic carbocycles. The molecular weight excluding hydrogens is 506 g/mol. The zero-order valence-electron chi connectivity index (χ0n) is 24.4. The molecule has 8 heteroatoms. The summed E-state index contributed by atoms with van der Waals surface area (Å²) in [5.74, 6) is 1.67. The molecule has 2 aliphatic rings. The van der Waals surface area contributed by atoms with Crippen LogP contribution in [-0.2, 0) is 11.3 Å². The highest BCUT2D eigenvalue weighted by atomic mass is 16.6. The first kappa shape index (κ1) is 29.7. The Balaban J connectivity index is 1.41. The van der Waals surface area contributed by atoms with Crippen LogP contribution in [0, 0.1) is 11.8 Å². The number of hydrogen-bond donors (Lipinski definition) is 1. The SMILES string of the molecule is CCCCOc1cc(C(=O)N(C[C@@H]2CNC[C@H]2CN(C(=O)OCc2ccccc2)C2CC2)C(C)C)ccc1OC. The van der Waals surface area contributed by atoms with E-state index in [1.165, 1.54) is 0 Å². The molecular formula is C32H45N3O5. The second-order valence-corrected chi connectivity index (χ2v) is 11.2. The van der Waals surface area contributed by atoms with Gasteiger partial charge in [-0.15, -0.1) is 0 Å². The summed E-state index contributed by atoms with van der Waals surface area (Å²) in [6.45, 7) is 9.95. The lowest BCUT2D eigenvalue weighted by molar-refractivity contribution is 0.0627. The van der Waals surface area contributed by atoms with Crippen molar-refractivity contribution in [2.45, 2.75) is 65.1 Å². The number of nitrogens with one attached hydrogen (secondary N) is 1. The van der Waals surface area contributed by atoms with Crippen molar-refractivity contribution in [3.05, 3.63) is 59.7 Å². The van der Waals surface area contributed by atoms with Gasteiger partial charge in [0.15, 0.2) is 11.5 Å². The summed E-state index contributed by atoms with van der Waals surface area (Å²) >= 11 is 0. The highest BCUT2D eigenvalue weighted by Crippen LogP contribution is 2.32. The lowest BCUT2D eigenvalue weighted by Crippen LogP contribution is -2.45. The Labute approximate surface area is 239 Å².